The molecule has 3 rings (SSSR count). The topological polar surface area (TPSA) is 89.0 Å². The van der Waals surface area contributed by atoms with Crippen LogP contribution in [-0.2, 0) is 14.3 Å². The van der Waals surface area contributed by atoms with E-state index in [9.17, 15) is 9.59 Å². The van der Waals surface area contributed by atoms with Crippen molar-refractivity contribution in [1.29, 1.82) is 0 Å². The summed E-state index contributed by atoms with van der Waals surface area (Å²) in [5, 5.41) is 8.33. The summed E-state index contributed by atoms with van der Waals surface area (Å²) >= 11 is 0. The molecule has 0 aliphatic carbocycles. The van der Waals surface area contributed by atoms with Crippen LogP contribution < -0.4 is 15.5 Å². The van der Waals surface area contributed by atoms with Crippen molar-refractivity contribution in [2.75, 3.05) is 19.8 Å². The molecule has 1 aliphatic rings. The SMILES string of the molecule is C#CCOc1ccc2ccccc2c1/C=N\NC(=O)C(=O)NC[C@H]1CCCO1. The third-order valence-corrected chi connectivity index (χ3v) is 4.32. The van der Waals surface area contributed by atoms with Crippen LogP contribution in [0.2, 0.25) is 0 Å². The van der Waals surface area contributed by atoms with E-state index in [1.807, 2.05) is 30.3 Å². The van der Waals surface area contributed by atoms with Gasteiger partial charge in [0.1, 0.15) is 12.4 Å². The van der Waals surface area contributed by atoms with Crippen molar-refractivity contribution >= 4 is 28.8 Å². The average Bonchev–Trinajstić information content (AvgIpc) is 3.24. The largest absolute Gasteiger partial charge is 0.480 e. The minimum Gasteiger partial charge on any atom is -0.480 e. The second-order valence-electron chi connectivity index (χ2n) is 6.24. The average molecular weight is 379 g/mol. The predicted octanol–water partition coefficient (Wildman–Crippen LogP) is 1.60. The zero-order chi connectivity index (χ0) is 19.8. The first kappa shape index (κ1) is 19.4. The van der Waals surface area contributed by atoms with Crippen LogP contribution in [0.25, 0.3) is 10.8 Å². The molecule has 0 saturated carbocycles. The van der Waals surface area contributed by atoms with E-state index in [1.54, 1.807) is 6.07 Å². The van der Waals surface area contributed by atoms with Crippen molar-refractivity contribution in [2.45, 2.75) is 18.9 Å². The number of hydrazone groups is 1. The molecule has 2 N–H and O–H groups in total. The summed E-state index contributed by atoms with van der Waals surface area (Å²) in [7, 11) is 0. The molecule has 28 heavy (non-hydrogen) atoms. The third-order valence-electron chi connectivity index (χ3n) is 4.32. The molecule has 144 valence electrons. The molecule has 0 aromatic heterocycles. The summed E-state index contributed by atoms with van der Waals surface area (Å²) in [6.07, 6.45) is 8.52. The zero-order valence-electron chi connectivity index (χ0n) is 15.3. The Hall–Kier alpha value is -3.37. The number of rotatable bonds is 6. The summed E-state index contributed by atoms with van der Waals surface area (Å²) in [5.74, 6) is 1.36. The molecular formula is C21H21N3O4. The van der Waals surface area contributed by atoms with Gasteiger partial charge < -0.3 is 14.8 Å². The molecule has 2 amide bonds. The molecule has 2 aromatic rings. The molecule has 7 heteroatoms. The minimum absolute atomic E-state index is 0.0354. The lowest BCUT2D eigenvalue weighted by Gasteiger charge is -2.10. The van der Waals surface area contributed by atoms with Gasteiger partial charge >= 0.3 is 11.8 Å². The van der Waals surface area contributed by atoms with E-state index in [0.717, 1.165) is 23.6 Å². The van der Waals surface area contributed by atoms with E-state index >= 15 is 0 Å². The Morgan fingerprint density at radius 1 is 1.29 bits per heavy atom. The van der Waals surface area contributed by atoms with Crippen LogP contribution >= 0.6 is 0 Å². The van der Waals surface area contributed by atoms with Crippen LogP contribution in [0.3, 0.4) is 0 Å². The molecule has 1 atom stereocenters. The van der Waals surface area contributed by atoms with Gasteiger partial charge in [-0.15, -0.1) is 6.42 Å². The van der Waals surface area contributed by atoms with E-state index in [4.69, 9.17) is 15.9 Å². The molecule has 7 nitrogen and oxygen atoms in total. The fourth-order valence-electron chi connectivity index (χ4n) is 2.95. The number of hydrogen-bond acceptors (Lipinski definition) is 5. The number of amides is 2. The first-order valence-electron chi connectivity index (χ1n) is 9.00. The fourth-order valence-corrected chi connectivity index (χ4v) is 2.95. The highest BCUT2D eigenvalue weighted by molar-refractivity contribution is 6.35. The molecule has 0 spiro atoms. The predicted molar refractivity (Wildman–Crippen MR) is 106 cm³/mol. The Bertz CT molecular complexity index is 927. The molecule has 1 fully saturated rings. The van der Waals surface area contributed by atoms with E-state index in [1.165, 1.54) is 6.21 Å². The van der Waals surface area contributed by atoms with Crippen molar-refractivity contribution in [3.05, 3.63) is 42.0 Å². The number of ether oxygens (including phenoxy) is 2. The van der Waals surface area contributed by atoms with E-state index in [0.29, 0.717) is 24.5 Å². The van der Waals surface area contributed by atoms with E-state index in [2.05, 4.69) is 21.8 Å². The first-order chi connectivity index (χ1) is 13.7. The summed E-state index contributed by atoms with van der Waals surface area (Å²) in [6, 6.07) is 11.4. The Labute approximate surface area is 163 Å². The molecule has 0 unspecified atom stereocenters. The number of fused-ring (bicyclic) bond motifs is 1. The second kappa shape index (κ2) is 9.53. The molecule has 1 aliphatic heterocycles. The lowest BCUT2D eigenvalue weighted by molar-refractivity contribution is -0.139. The van der Waals surface area contributed by atoms with Crippen LogP contribution in [-0.4, -0.2) is 43.9 Å². The third kappa shape index (κ3) is 4.87. The standard InChI is InChI=1S/C21H21N3O4/c1-2-11-28-19-10-9-15-6-3-4-8-17(15)18(19)14-23-24-21(26)20(25)22-13-16-7-5-12-27-16/h1,3-4,6,8-10,14,16H,5,7,11-13H2,(H,22,25)(H,24,26)/b23-14-/t16-/m1/s1. The fraction of sp³-hybridized carbons (Fsp3) is 0.286. The summed E-state index contributed by atoms with van der Waals surface area (Å²) in [5.41, 5.74) is 2.90. The summed E-state index contributed by atoms with van der Waals surface area (Å²) < 4.78 is 11.0. The highest BCUT2D eigenvalue weighted by Crippen LogP contribution is 2.26. The van der Waals surface area contributed by atoms with Crippen molar-refractivity contribution in [1.82, 2.24) is 10.7 Å². The number of terminal acetylenes is 1. The number of carbonyl (C=O) groups excluding carboxylic acids is 2. The maximum atomic E-state index is 11.9. The van der Waals surface area contributed by atoms with Gasteiger partial charge in [0.15, 0.2) is 0 Å². The van der Waals surface area contributed by atoms with Crippen molar-refractivity contribution in [3.63, 3.8) is 0 Å². The molecule has 0 radical (unpaired) electrons. The van der Waals surface area contributed by atoms with Gasteiger partial charge in [-0.2, -0.15) is 5.10 Å². The number of carbonyl (C=O) groups is 2. The molecule has 1 heterocycles. The zero-order valence-corrected chi connectivity index (χ0v) is 15.3. The first-order valence-corrected chi connectivity index (χ1v) is 9.00. The lowest BCUT2D eigenvalue weighted by Crippen LogP contribution is -2.41. The Morgan fingerprint density at radius 2 is 2.14 bits per heavy atom. The van der Waals surface area contributed by atoms with Gasteiger partial charge in [0.25, 0.3) is 0 Å². The molecule has 1 saturated heterocycles. The summed E-state index contributed by atoms with van der Waals surface area (Å²) in [6.45, 7) is 1.10. The highest BCUT2D eigenvalue weighted by Gasteiger charge is 2.19. The van der Waals surface area contributed by atoms with Crippen molar-refractivity contribution < 1.29 is 19.1 Å². The van der Waals surface area contributed by atoms with Crippen molar-refractivity contribution in [3.8, 4) is 18.1 Å². The Morgan fingerprint density at radius 3 is 2.93 bits per heavy atom. The monoisotopic (exact) mass is 379 g/mol. The van der Waals surface area contributed by atoms with Crippen molar-refractivity contribution in [2.24, 2.45) is 5.10 Å². The van der Waals surface area contributed by atoms with Crippen LogP contribution in [0.4, 0.5) is 0 Å². The normalized spacial score (nSPS) is 16.0. The van der Waals surface area contributed by atoms with Gasteiger partial charge in [-0.1, -0.05) is 36.3 Å². The summed E-state index contributed by atoms with van der Waals surface area (Å²) in [4.78, 5) is 23.8. The van der Waals surface area contributed by atoms with Crippen LogP contribution in [0.5, 0.6) is 5.75 Å². The van der Waals surface area contributed by atoms with Gasteiger partial charge in [-0.05, 0) is 29.7 Å². The maximum absolute atomic E-state index is 11.9. The molecule has 0 bridgehead atoms. The van der Waals surface area contributed by atoms with E-state index in [-0.39, 0.29) is 12.7 Å². The van der Waals surface area contributed by atoms with Crippen LogP contribution in [0, 0.1) is 12.3 Å². The molecular weight excluding hydrogens is 358 g/mol. The quantitative estimate of drug-likeness (QED) is 0.345. The highest BCUT2D eigenvalue weighted by atomic mass is 16.5. The minimum atomic E-state index is -0.847. The van der Waals surface area contributed by atoms with Gasteiger partial charge in [-0.25, -0.2) is 5.43 Å². The van der Waals surface area contributed by atoms with Crippen LogP contribution in [0.1, 0.15) is 18.4 Å². The number of nitrogens with one attached hydrogen (secondary N) is 2. The smallest absolute Gasteiger partial charge is 0.329 e. The van der Waals surface area contributed by atoms with E-state index < -0.39 is 11.8 Å². The second-order valence-corrected chi connectivity index (χ2v) is 6.24. The lowest BCUT2D eigenvalue weighted by atomic mass is 10.0. The number of nitrogens with zero attached hydrogens (tertiary/aromatic N) is 1. The number of hydrogen-bond donors (Lipinski definition) is 2. The van der Waals surface area contributed by atoms with Gasteiger partial charge in [0.05, 0.1) is 12.3 Å². The Kier molecular flexibility index (Phi) is 6.60. The van der Waals surface area contributed by atoms with Gasteiger partial charge in [0.2, 0.25) is 0 Å². The van der Waals surface area contributed by atoms with Gasteiger partial charge in [0, 0.05) is 18.7 Å². The van der Waals surface area contributed by atoms with Crippen LogP contribution in [0.15, 0.2) is 41.5 Å². The number of benzene rings is 2. The maximum Gasteiger partial charge on any atom is 0.329 e. The molecule has 2 aromatic carbocycles. The van der Waals surface area contributed by atoms with Gasteiger partial charge in [-0.3, -0.25) is 9.59 Å². The Balaban J connectivity index is 1.66.